The molecule has 0 bridgehead atoms. The Kier molecular flexibility index (Phi) is 4.21. The molecule has 1 aliphatic carbocycles. The molecule has 0 radical (unpaired) electrons. The number of nitrogens with one attached hydrogen (secondary N) is 1. The molecule has 128 valence electrons. The van der Waals surface area contributed by atoms with Crippen molar-refractivity contribution < 1.29 is 19.1 Å². The Morgan fingerprint density at radius 3 is 2.65 bits per heavy atom. The molecular formula is C17H26N2O4. The summed E-state index contributed by atoms with van der Waals surface area (Å²) in [6.07, 6.45) is 5.34. The molecule has 6 nitrogen and oxygen atoms in total. The van der Waals surface area contributed by atoms with Crippen molar-refractivity contribution in [1.29, 1.82) is 0 Å². The first-order chi connectivity index (χ1) is 10.8. The lowest BCUT2D eigenvalue weighted by molar-refractivity contribution is -0.145. The summed E-state index contributed by atoms with van der Waals surface area (Å²) < 4.78 is 5.64. The smallest absolute Gasteiger partial charge is 0.240 e. The maximum atomic E-state index is 12.6. The van der Waals surface area contributed by atoms with E-state index in [-0.39, 0.29) is 42.3 Å². The largest absolute Gasteiger partial charge is 0.375 e. The number of carbonyl (C=O) groups is 3. The molecule has 2 saturated heterocycles. The van der Waals surface area contributed by atoms with Gasteiger partial charge in [0.05, 0.1) is 11.0 Å². The van der Waals surface area contributed by atoms with Crippen LogP contribution in [0.5, 0.6) is 0 Å². The van der Waals surface area contributed by atoms with Crippen LogP contribution in [-0.2, 0) is 19.1 Å². The van der Waals surface area contributed by atoms with E-state index < -0.39 is 5.41 Å². The van der Waals surface area contributed by atoms with E-state index in [4.69, 9.17) is 4.74 Å². The lowest BCUT2D eigenvalue weighted by Gasteiger charge is -2.36. The Hall–Kier alpha value is -1.43. The summed E-state index contributed by atoms with van der Waals surface area (Å²) in [5.74, 6) is -0.578. The van der Waals surface area contributed by atoms with Gasteiger partial charge in [0.25, 0.3) is 0 Å². The SMILES string of the molecule is CC1(C)CC(NC(=O)CN2C(=O)CC3(CCCC3)C2=O)CCO1. The van der Waals surface area contributed by atoms with Gasteiger partial charge in [-0.3, -0.25) is 19.3 Å². The van der Waals surface area contributed by atoms with Gasteiger partial charge in [0.2, 0.25) is 17.7 Å². The average Bonchev–Trinajstić information content (AvgIpc) is 3.00. The molecule has 1 N–H and O–H groups in total. The van der Waals surface area contributed by atoms with Gasteiger partial charge < -0.3 is 10.1 Å². The number of carbonyl (C=O) groups excluding carboxylic acids is 3. The summed E-state index contributed by atoms with van der Waals surface area (Å²) >= 11 is 0. The molecule has 23 heavy (non-hydrogen) atoms. The van der Waals surface area contributed by atoms with Crippen LogP contribution in [0.25, 0.3) is 0 Å². The van der Waals surface area contributed by atoms with Crippen molar-refractivity contribution in [1.82, 2.24) is 10.2 Å². The zero-order valence-electron chi connectivity index (χ0n) is 14.0. The first kappa shape index (κ1) is 16.4. The van der Waals surface area contributed by atoms with Crippen LogP contribution >= 0.6 is 0 Å². The predicted octanol–water partition coefficient (Wildman–Crippen LogP) is 1.38. The number of rotatable bonds is 3. The van der Waals surface area contributed by atoms with Gasteiger partial charge >= 0.3 is 0 Å². The molecule has 0 aromatic carbocycles. The number of likely N-dealkylation sites (tertiary alicyclic amines) is 1. The molecule has 1 unspecified atom stereocenters. The molecule has 3 aliphatic rings. The van der Waals surface area contributed by atoms with Crippen LogP contribution in [0.2, 0.25) is 0 Å². The van der Waals surface area contributed by atoms with Crippen LogP contribution in [0.15, 0.2) is 0 Å². The van der Waals surface area contributed by atoms with Gasteiger partial charge in [-0.2, -0.15) is 0 Å². The molecule has 0 aromatic rings. The summed E-state index contributed by atoms with van der Waals surface area (Å²) in [5, 5.41) is 2.96. The van der Waals surface area contributed by atoms with E-state index in [2.05, 4.69) is 5.32 Å². The van der Waals surface area contributed by atoms with Gasteiger partial charge in [-0.25, -0.2) is 0 Å². The predicted molar refractivity (Wildman–Crippen MR) is 83.4 cm³/mol. The quantitative estimate of drug-likeness (QED) is 0.797. The monoisotopic (exact) mass is 322 g/mol. The average molecular weight is 322 g/mol. The second-order valence-corrected chi connectivity index (χ2v) is 7.81. The zero-order chi connectivity index (χ0) is 16.7. The summed E-state index contributed by atoms with van der Waals surface area (Å²) in [6, 6.07) is 0.0412. The Labute approximate surface area is 136 Å². The van der Waals surface area contributed by atoms with Crippen LogP contribution < -0.4 is 5.32 Å². The highest BCUT2D eigenvalue weighted by Gasteiger charge is 2.52. The number of imide groups is 1. The number of hydrogen-bond acceptors (Lipinski definition) is 4. The molecule has 1 saturated carbocycles. The fourth-order valence-corrected chi connectivity index (χ4v) is 4.23. The van der Waals surface area contributed by atoms with E-state index >= 15 is 0 Å². The molecule has 0 aromatic heterocycles. The van der Waals surface area contributed by atoms with E-state index in [1.54, 1.807) is 0 Å². The maximum absolute atomic E-state index is 12.6. The fourth-order valence-electron chi connectivity index (χ4n) is 4.23. The standard InChI is InChI=1S/C17H26N2O4/c1-16(2)9-12(5-8-23-16)18-13(20)11-19-14(21)10-17(15(19)22)6-3-4-7-17/h12H,3-11H2,1-2H3,(H,18,20). The first-order valence-electron chi connectivity index (χ1n) is 8.60. The van der Waals surface area contributed by atoms with Crippen LogP contribution in [0.1, 0.15) is 58.8 Å². The molecule has 6 heteroatoms. The van der Waals surface area contributed by atoms with Crippen LogP contribution in [0, 0.1) is 5.41 Å². The summed E-state index contributed by atoms with van der Waals surface area (Å²) in [5.41, 5.74) is -0.749. The molecule has 3 fully saturated rings. The van der Waals surface area contributed by atoms with E-state index in [1.807, 2.05) is 13.8 Å². The third-order valence-electron chi connectivity index (χ3n) is 5.41. The van der Waals surface area contributed by atoms with E-state index in [1.165, 1.54) is 4.90 Å². The van der Waals surface area contributed by atoms with E-state index in [0.29, 0.717) is 6.61 Å². The normalized spacial score (nSPS) is 29.3. The lowest BCUT2D eigenvalue weighted by Crippen LogP contribution is -2.49. The van der Waals surface area contributed by atoms with Crippen LogP contribution in [-0.4, -0.2) is 47.4 Å². The maximum Gasteiger partial charge on any atom is 0.240 e. The number of amides is 3. The molecule has 1 spiro atoms. The minimum Gasteiger partial charge on any atom is -0.375 e. The Balaban J connectivity index is 1.57. The second-order valence-electron chi connectivity index (χ2n) is 7.81. The van der Waals surface area contributed by atoms with Gasteiger partial charge in [0, 0.05) is 19.1 Å². The van der Waals surface area contributed by atoms with Crippen molar-refractivity contribution in [3.8, 4) is 0 Å². The van der Waals surface area contributed by atoms with E-state index in [9.17, 15) is 14.4 Å². The highest BCUT2D eigenvalue weighted by atomic mass is 16.5. The van der Waals surface area contributed by atoms with Crippen molar-refractivity contribution in [2.75, 3.05) is 13.2 Å². The Morgan fingerprint density at radius 2 is 2.00 bits per heavy atom. The first-order valence-corrected chi connectivity index (χ1v) is 8.60. The molecule has 2 heterocycles. The lowest BCUT2D eigenvalue weighted by atomic mass is 9.84. The van der Waals surface area contributed by atoms with Crippen molar-refractivity contribution >= 4 is 17.7 Å². The van der Waals surface area contributed by atoms with Crippen LogP contribution in [0.4, 0.5) is 0 Å². The van der Waals surface area contributed by atoms with Gasteiger partial charge in [-0.1, -0.05) is 12.8 Å². The highest BCUT2D eigenvalue weighted by molar-refractivity contribution is 6.08. The van der Waals surface area contributed by atoms with Crippen molar-refractivity contribution in [2.45, 2.75) is 70.4 Å². The Bertz CT molecular complexity index is 523. The number of ether oxygens (including phenoxy) is 1. The third-order valence-corrected chi connectivity index (χ3v) is 5.41. The topological polar surface area (TPSA) is 75.7 Å². The van der Waals surface area contributed by atoms with Gasteiger partial charge in [-0.15, -0.1) is 0 Å². The summed E-state index contributed by atoms with van der Waals surface area (Å²) in [4.78, 5) is 38.2. The fraction of sp³-hybridized carbons (Fsp3) is 0.824. The molecule has 1 atom stereocenters. The van der Waals surface area contributed by atoms with E-state index in [0.717, 1.165) is 38.5 Å². The van der Waals surface area contributed by atoms with Gasteiger partial charge in [0.1, 0.15) is 6.54 Å². The van der Waals surface area contributed by atoms with Gasteiger partial charge in [-0.05, 0) is 39.5 Å². The number of nitrogens with zero attached hydrogens (tertiary/aromatic N) is 1. The van der Waals surface area contributed by atoms with Crippen LogP contribution in [0.3, 0.4) is 0 Å². The van der Waals surface area contributed by atoms with Crippen molar-refractivity contribution in [3.63, 3.8) is 0 Å². The highest BCUT2D eigenvalue weighted by Crippen LogP contribution is 2.46. The summed E-state index contributed by atoms with van der Waals surface area (Å²) in [6.45, 7) is 4.48. The molecule has 3 rings (SSSR count). The second kappa shape index (κ2) is 5.89. The molecular weight excluding hydrogens is 296 g/mol. The minimum atomic E-state index is -0.502. The summed E-state index contributed by atoms with van der Waals surface area (Å²) in [7, 11) is 0. The number of hydrogen-bond donors (Lipinski definition) is 1. The minimum absolute atomic E-state index is 0.0412. The molecule has 3 amide bonds. The zero-order valence-corrected chi connectivity index (χ0v) is 14.0. The Morgan fingerprint density at radius 1 is 1.30 bits per heavy atom. The molecule has 2 aliphatic heterocycles. The third kappa shape index (κ3) is 3.27. The van der Waals surface area contributed by atoms with Crippen molar-refractivity contribution in [2.24, 2.45) is 5.41 Å². The van der Waals surface area contributed by atoms with Gasteiger partial charge in [0.15, 0.2) is 0 Å². The van der Waals surface area contributed by atoms with Crippen molar-refractivity contribution in [3.05, 3.63) is 0 Å².